The van der Waals surface area contributed by atoms with Crippen molar-refractivity contribution in [3.05, 3.63) is 29.8 Å². The van der Waals surface area contributed by atoms with Crippen LogP contribution >= 0.6 is 11.8 Å². The van der Waals surface area contributed by atoms with Crippen LogP contribution in [-0.2, 0) is 14.3 Å². The van der Waals surface area contributed by atoms with E-state index in [-0.39, 0.29) is 30.6 Å². The Morgan fingerprint density at radius 2 is 2.14 bits per heavy atom. The third-order valence-electron chi connectivity index (χ3n) is 6.97. The second-order valence-electron chi connectivity index (χ2n) is 9.59. The second-order valence-corrected chi connectivity index (χ2v) is 10.7. The molecule has 0 spiro atoms. The number of hydrogen-bond donors (Lipinski definition) is 1. The van der Waals surface area contributed by atoms with E-state index in [1.807, 2.05) is 6.07 Å². The molecule has 2 unspecified atom stereocenters. The number of methoxy groups -OCH3 is 1. The highest BCUT2D eigenvalue weighted by Crippen LogP contribution is 2.40. The van der Waals surface area contributed by atoms with Crippen LogP contribution in [0.2, 0.25) is 0 Å². The molecule has 0 aromatic carbocycles. The average molecular weight is 526 g/mol. The van der Waals surface area contributed by atoms with Gasteiger partial charge in [0, 0.05) is 25.9 Å². The van der Waals surface area contributed by atoms with Gasteiger partial charge in [-0.25, -0.2) is 4.98 Å². The SMILES string of the molecule is C=C1C[C@](CC)(OC(F)F)CC1NC(=O)c1ccc(N2CCCC(CC(=O)OC)C2)nc1SCCC. The van der Waals surface area contributed by atoms with Crippen LogP contribution in [0.4, 0.5) is 14.6 Å². The number of thioether (sulfide) groups is 1. The number of alkyl halides is 2. The van der Waals surface area contributed by atoms with Crippen LogP contribution in [0.1, 0.15) is 69.2 Å². The number of nitrogens with one attached hydrogen (secondary N) is 1. The van der Waals surface area contributed by atoms with Crippen LogP contribution in [0, 0.1) is 5.92 Å². The highest BCUT2D eigenvalue weighted by Gasteiger charge is 2.43. The van der Waals surface area contributed by atoms with Gasteiger partial charge in [-0.3, -0.25) is 9.59 Å². The number of amides is 1. The van der Waals surface area contributed by atoms with Crippen molar-refractivity contribution in [2.75, 3.05) is 30.9 Å². The molecular weight excluding hydrogens is 488 g/mol. The number of rotatable bonds is 11. The van der Waals surface area contributed by atoms with E-state index in [2.05, 4.69) is 23.7 Å². The van der Waals surface area contributed by atoms with Crippen LogP contribution in [-0.4, -0.2) is 61.1 Å². The van der Waals surface area contributed by atoms with Crippen molar-refractivity contribution in [3.63, 3.8) is 0 Å². The van der Waals surface area contributed by atoms with Gasteiger partial charge in [0.05, 0.1) is 24.3 Å². The first kappa shape index (κ1) is 28.4. The minimum absolute atomic E-state index is 0.199. The lowest BCUT2D eigenvalue weighted by atomic mass is 9.95. The molecule has 3 atom stereocenters. The number of carbonyl (C=O) groups excluding carboxylic acids is 2. The maximum atomic E-state index is 13.3. The van der Waals surface area contributed by atoms with Gasteiger partial charge >= 0.3 is 12.6 Å². The van der Waals surface area contributed by atoms with Crippen LogP contribution in [0.15, 0.2) is 29.3 Å². The van der Waals surface area contributed by atoms with Crippen molar-refractivity contribution < 1.29 is 27.8 Å². The normalized spacial score (nSPS) is 24.3. The van der Waals surface area contributed by atoms with Gasteiger partial charge in [0.15, 0.2) is 0 Å². The number of ether oxygens (including phenoxy) is 2. The van der Waals surface area contributed by atoms with Gasteiger partial charge in [0.2, 0.25) is 0 Å². The molecule has 1 aromatic rings. The van der Waals surface area contributed by atoms with E-state index in [4.69, 9.17) is 14.5 Å². The fraction of sp³-hybridized carbons (Fsp3) is 0.654. The van der Waals surface area contributed by atoms with E-state index < -0.39 is 18.3 Å². The number of anilines is 1. The fourth-order valence-corrected chi connectivity index (χ4v) is 5.87. The first-order valence-electron chi connectivity index (χ1n) is 12.6. The van der Waals surface area contributed by atoms with Crippen molar-refractivity contribution in [2.45, 2.75) is 82.1 Å². The van der Waals surface area contributed by atoms with Gasteiger partial charge in [0.1, 0.15) is 10.8 Å². The topological polar surface area (TPSA) is 80.8 Å². The summed E-state index contributed by atoms with van der Waals surface area (Å²) in [6.07, 6.45) is 4.17. The lowest BCUT2D eigenvalue weighted by Gasteiger charge is -2.33. The summed E-state index contributed by atoms with van der Waals surface area (Å²) in [6.45, 7) is 6.55. The highest BCUT2D eigenvalue weighted by atomic mass is 32.2. The summed E-state index contributed by atoms with van der Waals surface area (Å²) in [5.41, 5.74) is 0.125. The zero-order valence-electron chi connectivity index (χ0n) is 21.4. The van der Waals surface area contributed by atoms with Crippen molar-refractivity contribution in [1.29, 1.82) is 0 Å². The molecule has 1 amide bonds. The number of halogens is 2. The molecule has 200 valence electrons. The predicted molar refractivity (Wildman–Crippen MR) is 137 cm³/mol. The largest absolute Gasteiger partial charge is 0.469 e. The summed E-state index contributed by atoms with van der Waals surface area (Å²) in [7, 11) is 1.40. The minimum atomic E-state index is -2.87. The van der Waals surface area contributed by atoms with E-state index in [1.54, 1.807) is 13.0 Å². The fourth-order valence-electron chi connectivity index (χ4n) is 4.99. The van der Waals surface area contributed by atoms with Gasteiger partial charge < -0.3 is 19.7 Å². The third kappa shape index (κ3) is 7.18. The molecule has 0 bridgehead atoms. The molecule has 1 N–H and O–H groups in total. The number of piperidine rings is 1. The predicted octanol–water partition coefficient (Wildman–Crippen LogP) is 5.20. The first-order valence-corrected chi connectivity index (χ1v) is 13.6. The summed E-state index contributed by atoms with van der Waals surface area (Å²) in [4.78, 5) is 32.0. The maximum absolute atomic E-state index is 13.3. The highest BCUT2D eigenvalue weighted by molar-refractivity contribution is 7.99. The molecule has 1 saturated heterocycles. The molecule has 0 radical (unpaired) electrons. The number of hydrogen-bond acceptors (Lipinski definition) is 7. The number of pyridine rings is 1. The Morgan fingerprint density at radius 3 is 2.81 bits per heavy atom. The van der Waals surface area contributed by atoms with Crippen LogP contribution in [0.5, 0.6) is 0 Å². The minimum Gasteiger partial charge on any atom is -0.469 e. The third-order valence-corrected chi connectivity index (χ3v) is 8.16. The molecule has 36 heavy (non-hydrogen) atoms. The van der Waals surface area contributed by atoms with Gasteiger partial charge in [0.25, 0.3) is 5.91 Å². The lowest BCUT2D eigenvalue weighted by Crippen LogP contribution is -2.38. The molecule has 10 heteroatoms. The summed E-state index contributed by atoms with van der Waals surface area (Å²) in [5, 5.41) is 3.61. The van der Waals surface area contributed by atoms with E-state index in [0.717, 1.165) is 37.4 Å². The molecule has 1 saturated carbocycles. The number of nitrogens with zero attached hydrogens (tertiary/aromatic N) is 2. The van der Waals surface area contributed by atoms with E-state index in [9.17, 15) is 18.4 Å². The zero-order chi connectivity index (χ0) is 26.3. The maximum Gasteiger partial charge on any atom is 0.345 e. The molecule has 2 aliphatic rings. The average Bonchev–Trinajstić information content (AvgIpc) is 3.16. The monoisotopic (exact) mass is 525 g/mol. The summed E-state index contributed by atoms with van der Waals surface area (Å²) in [6, 6.07) is 3.17. The Bertz CT molecular complexity index is 948. The second kappa shape index (κ2) is 12.9. The molecule has 3 rings (SSSR count). The van der Waals surface area contributed by atoms with Crippen molar-refractivity contribution >= 4 is 29.5 Å². The zero-order valence-corrected chi connectivity index (χ0v) is 22.2. The van der Waals surface area contributed by atoms with Gasteiger partial charge in [-0.1, -0.05) is 26.0 Å². The number of carbonyl (C=O) groups is 2. The number of esters is 1. The summed E-state index contributed by atoms with van der Waals surface area (Å²) >= 11 is 1.52. The van der Waals surface area contributed by atoms with Crippen LogP contribution < -0.4 is 10.2 Å². The van der Waals surface area contributed by atoms with Crippen molar-refractivity contribution in [1.82, 2.24) is 10.3 Å². The molecule has 1 aliphatic carbocycles. The molecule has 1 aliphatic heterocycles. The quantitative estimate of drug-likeness (QED) is 0.242. The first-order chi connectivity index (χ1) is 17.2. The van der Waals surface area contributed by atoms with E-state index >= 15 is 0 Å². The Kier molecular flexibility index (Phi) is 10.1. The lowest BCUT2D eigenvalue weighted by molar-refractivity contribution is -0.207. The molecule has 1 aromatic heterocycles. The smallest absolute Gasteiger partial charge is 0.345 e. The Labute approximate surface area is 216 Å². The summed E-state index contributed by atoms with van der Waals surface area (Å²) in [5.74, 6) is 1.27. The Balaban J connectivity index is 1.75. The molecule has 2 fully saturated rings. The molecule has 7 nitrogen and oxygen atoms in total. The van der Waals surface area contributed by atoms with Crippen molar-refractivity contribution in [3.8, 4) is 0 Å². The van der Waals surface area contributed by atoms with Gasteiger partial charge in [-0.15, -0.1) is 11.8 Å². The number of aromatic nitrogens is 1. The van der Waals surface area contributed by atoms with Crippen LogP contribution in [0.25, 0.3) is 0 Å². The summed E-state index contributed by atoms with van der Waals surface area (Å²) < 4.78 is 35.7. The van der Waals surface area contributed by atoms with Gasteiger partial charge in [-0.2, -0.15) is 8.78 Å². The Hall–Kier alpha value is -2.20. The van der Waals surface area contributed by atoms with Crippen LogP contribution in [0.3, 0.4) is 0 Å². The Morgan fingerprint density at radius 1 is 1.36 bits per heavy atom. The molecular formula is C26H37F2N3O4S. The van der Waals surface area contributed by atoms with Gasteiger partial charge in [-0.05, 0) is 55.9 Å². The van der Waals surface area contributed by atoms with E-state index in [0.29, 0.717) is 35.5 Å². The molecule has 2 heterocycles. The standard InChI is InChI=1S/C26H37F2N3O4S/c1-5-12-36-24-19(23(33)29-20-15-26(6-2,14-17(20)3)35-25(27)28)9-10-21(30-24)31-11-7-8-18(16-31)13-22(32)34-4/h9-10,18,20,25H,3,5-8,11-16H2,1-2,4H3,(H,29,33)/t18?,20?,26-/m0/s1. The van der Waals surface area contributed by atoms with Crippen molar-refractivity contribution in [2.24, 2.45) is 5.92 Å². The van der Waals surface area contributed by atoms with E-state index in [1.165, 1.54) is 18.9 Å².